The fourth-order valence-electron chi connectivity index (χ4n) is 3.11. The Balaban J connectivity index is 1.83. The smallest absolute Gasteiger partial charge is 0.261 e. The number of carbonyl (C=O) groups is 2. The first-order chi connectivity index (χ1) is 13.6. The number of amides is 2. The summed E-state index contributed by atoms with van der Waals surface area (Å²) in [7, 11) is 2.96. The van der Waals surface area contributed by atoms with Gasteiger partial charge in [0.05, 0.1) is 20.3 Å². The van der Waals surface area contributed by atoms with E-state index in [0.717, 1.165) is 12.8 Å². The molecule has 0 bridgehead atoms. The van der Waals surface area contributed by atoms with Gasteiger partial charge >= 0.3 is 0 Å². The zero-order valence-corrected chi connectivity index (χ0v) is 15.8. The summed E-state index contributed by atoms with van der Waals surface area (Å²) in [4.78, 5) is 27.2. The number of ether oxygens (including phenoxy) is 3. The van der Waals surface area contributed by atoms with E-state index >= 15 is 0 Å². The van der Waals surface area contributed by atoms with Gasteiger partial charge in [-0.1, -0.05) is 11.2 Å². The number of carbonyl (C=O) groups excluding carboxylic acids is 2. The van der Waals surface area contributed by atoms with Crippen LogP contribution in [-0.4, -0.2) is 61.9 Å². The Morgan fingerprint density at radius 1 is 1.25 bits per heavy atom. The van der Waals surface area contributed by atoms with E-state index in [2.05, 4.69) is 10.5 Å². The summed E-state index contributed by atoms with van der Waals surface area (Å²) in [6.07, 6.45) is 2.99. The molecule has 3 rings (SSSR count). The largest absolute Gasteiger partial charge is 0.496 e. The van der Waals surface area contributed by atoms with Crippen LogP contribution >= 0.6 is 0 Å². The van der Waals surface area contributed by atoms with Crippen LogP contribution < -0.4 is 14.8 Å². The fraction of sp³-hybridized carbons (Fsp3) is 0.421. The molecule has 2 amide bonds. The molecular weight excluding hydrogens is 366 g/mol. The van der Waals surface area contributed by atoms with Gasteiger partial charge in [0.25, 0.3) is 5.91 Å². The molecule has 1 aromatic carbocycles. The second kappa shape index (κ2) is 9.23. The van der Waals surface area contributed by atoms with E-state index in [1.54, 1.807) is 18.2 Å². The van der Waals surface area contributed by atoms with Crippen LogP contribution in [0, 0.1) is 0 Å². The van der Waals surface area contributed by atoms with Gasteiger partial charge in [-0.05, 0) is 25.0 Å². The molecule has 1 N–H and O–H groups in total. The lowest BCUT2D eigenvalue weighted by Crippen LogP contribution is -2.42. The predicted molar refractivity (Wildman–Crippen MR) is 99.6 cm³/mol. The number of nitrogens with one attached hydrogen (secondary N) is 1. The quantitative estimate of drug-likeness (QED) is 0.736. The van der Waals surface area contributed by atoms with E-state index < -0.39 is 5.91 Å². The van der Waals surface area contributed by atoms with Crippen LogP contribution in [0.5, 0.6) is 11.5 Å². The van der Waals surface area contributed by atoms with Crippen LogP contribution in [0.15, 0.2) is 35.1 Å². The van der Waals surface area contributed by atoms with E-state index in [1.165, 1.54) is 31.4 Å². The number of hydrogen-bond donors (Lipinski definition) is 1. The van der Waals surface area contributed by atoms with Crippen molar-refractivity contribution in [2.24, 2.45) is 0 Å². The minimum atomic E-state index is -0.394. The van der Waals surface area contributed by atoms with Gasteiger partial charge in [0.1, 0.15) is 29.9 Å². The van der Waals surface area contributed by atoms with E-state index in [4.69, 9.17) is 18.7 Å². The standard InChI is InChI=1S/C19H23N3O6/c1-25-14-6-3-7-15(26-2)18(14)19(24)22(11-13-5-4-9-27-13)12-17(23)20-16-8-10-28-21-16/h3,6-8,10,13H,4-5,9,11-12H2,1-2H3,(H,20,21,23)/t13-/m1/s1. The summed E-state index contributed by atoms with van der Waals surface area (Å²) < 4.78 is 21.0. The molecule has 1 fully saturated rings. The topological polar surface area (TPSA) is 103 Å². The third-order valence-electron chi connectivity index (χ3n) is 4.42. The number of rotatable bonds is 8. The normalized spacial score (nSPS) is 15.9. The molecule has 1 aliphatic heterocycles. The van der Waals surface area contributed by atoms with Crippen molar-refractivity contribution in [3.05, 3.63) is 36.1 Å². The van der Waals surface area contributed by atoms with E-state index in [0.29, 0.717) is 18.1 Å². The van der Waals surface area contributed by atoms with Crippen molar-refractivity contribution in [1.82, 2.24) is 10.1 Å². The van der Waals surface area contributed by atoms with E-state index in [-0.39, 0.29) is 36.5 Å². The highest BCUT2D eigenvalue weighted by Crippen LogP contribution is 2.30. The molecule has 0 aliphatic carbocycles. The van der Waals surface area contributed by atoms with Gasteiger partial charge in [-0.3, -0.25) is 9.59 Å². The van der Waals surface area contributed by atoms with Crippen molar-refractivity contribution >= 4 is 17.6 Å². The average molecular weight is 389 g/mol. The Kier molecular flexibility index (Phi) is 6.49. The lowest BCUT2D eigenvalue weighted by Gasteiger charge is -2.26. The highest BCUT2D eigenvalue weighted by atomic mass is 16.5. The summed E-state index contributed by atoms with van der Waals surface area (Å²) in [5, 5.41) is 6.25. The van der Waals surface area contributed by atoms with Gasteiger partial charge in [-0.15, -0.1) is 0 Å². The van der Waals surface area contributed by atoms with Crippen molar-refractivity contribution in [2.75, 3.05) is 39.2 Å². The van der Waals surface area contributed by atoms with Gasteiger partial charge in [0.2, 0.25) is 5.91 Å². The number of anilines is 1. The van der Waals surface area contributed by atoms with Gasteiger partial charge < -0.3 is 29.0 Å². The molecule has 1 aromatic heterocycles. The van der Waals surface area contributed by atoms with Crippen molar-refractivity contribution in [3.8, 4) is 11.5 Å². The molecule has 2 heterocycles. The molecule has 9 heteroatoms. The van der Waals surface area contributed by atoms with Crippen molar-refractivity contribution in [2.45, 2.75) is 18.9 Å². The third-order valence-corrected chi connectivity index (χ3v) is 4.42. The van der Waals surface area contributed by atoms with Crippen LogP contribution in [0.1, 0.15) is 23.2 Å². The molecule has 2 aromatic rings. The van der Waals surface area contributed by atoms with Crippen LogP contribution in [0.3, 0.4) is 0 Å². The molecule has 1 atom stereocenters. The molecule has 150 valence electrons. The summed E-state index contributed by atoms with van der Waals surface area (Å²) in [5.41, 5.74) is 0.264. The lowest BCUT2D eigenvalue weighted by molar-refractivity contribution is -0.117. The average Bonchev–Trinajstić information content (AvgIpc) is 3.40. The fourth-order valence-corrected chi connectivity index (χ4v) is 3.11. The predicted octanol–water partition coefficient (Wildman–Crippen LogP) is 1.95. The molecule has 9 nitrogen and oxygen atoms in total. The number of aromatic nitrogens is 1. The first kappa shape index (κ1) is 19.7. The second-order valence-electron chi connectivity index (χ2n) is 6.29. The highest BCUT2D eigenvalue weighted by molar-refractivity contribution is 6.02. The molecule has 0 unspecified atom stereocenters. The van der Waals surface area contributed by atoms with Gasteiger partial charge in [0.15, 0.2) is 5.82 Å². The summed E-state index contributed by atoms with van der Waals surface area (Å²) in [6, 6.07) is 6.61. The maximum absolute atomic E-state index is 13.3. The maximum atomic E-state index is 13.3. The number of benzene rings is 1. The molecule has 1 aliphatic rings. The zero-order chi connectivity index (χ0) is 19.9. The van der Waals surface area contributed by atoms with Crippen LogP contribution in [0.4, 0.5) is 5.82 Å². The third kappa shape index (κ3) is 4.61. The minimum absolute atomic E-state index is 0.121. The van der Waals surface area contributed by atoms with Crippen molar-refractivity contribution in [1.29, 1.82) is 0 Å². The molecule has 1 saturated heterocycles. The monoisotopic (exact) mass is 389 g/mol. The Hall–Kier alpha value is -3.07. The molecular formula is C19H23N3O6. The van der Waals surface area contributed by atoms with Crippen molar-refractivity contribution in [3.63, 3.8) is 0 Å². The summed E-state index contributed by atoms with van der Waals surface area (Å²) >= 11 is 0. The van der Waals surface area contributed by atoms with Crippen molar-refractivity contribution < 1.29 is 28.3 Å². The molecule has 0 radical (unpaired) electrons. The highest BCUT2D eigenvalue weighted by Gasteiger charge is 2.29. The first-order valence-electron chi connectivity index (χ1n) is 8.94. The Morgan fingerprint density at radius 3 is 2.57 bits per heavy atom. The van der Waals surface area contributed by atoms with Crippen LogP contribution in [0.2, 0.25) is 0 Å². The van der Waals surface area contributed by atoms with Gasteiger partial charge in [-0.2, -0.15) is 0 Å². The maximum Gasteiger partial charge on any atom is 0.261 e. The summed E-state index contributed by atoms with van der Waals surface area (Å²) in [6.45, 7) is 0.759. The number of methoxy groups -OCH3 is 2. The summed E-state index contributed by atoms with van der Waals surface area (Å²) in [5.74, 6) is 0.260. The van der Waals surface area contributed by atoms with Gasteiger partial charge in [-0.25, -0.2) is 0 Å². The zero-order valence-electron chi connectivity index (χ0n) is 15.8. The molecule has 0 spiro atoms. The van der Waals surface area contributed by atoms with Crippen LogP contribution in [0.25, 0.3) is 0 Å². The van der Waals surface area contributed by atoms with E-state index in [1.807, 2.05) is 0 Å². The molecule has 28 heavy (non-hydrogen) atoms. The molecule has 0 saturated carbocycles. The lowest BCUT2D eigenvalue weighted by atomic mass is 10.1. The Labute approximate surface area is 162 Å². The van der Waals surface area contributed by atoms with E-state index in [9.17, 15) is 9.59 Å². The van der Waals surface area contributed by atoms with Gasteiger partial charge in [0, 0.05) is 19.2 Å². The second-order valence-corrected chi connectivity index (χ2v) is 6.29. The van der Waals surface area contributed by atoms with Crippen LogP contribution in [-0.2, 0) is 9.53 Å². The number of hydrogen-bond acceptors (Lipinski definition) is 7. The SMILES string of the molecule is COc1cccc(OC)c1C(=O)N(CC(=O)Nc1ccon1)C[C@H]1CCCO1. The Bertz CT molecular complexity index is 780. The minimum Gasteiger partial charge on any atom is -0.496 e. The first-order valence-corrected chi connectivity index (χ1v) is 8.94. The Morgan fingerprint density at radius 2 is 2.00 bits per heavy atom. The number of nitrogens with zero attached hydrogens (tertiary/aromatic N) is 2.